The molecule has 0 unspecified atom stereocenters. The zero-order valence-electron chi connectivity index (χ0n) is 13.5. The molecule has 0 saturated heterocycles. The van der Waals surface area contributed by atoms with Crippen molar-refractivity contribution >= 4 is 17.1 Å². The molecule has 2 aromatic heterocycles. The molecule has 1 aliphatic heterocycles. The van der Waals surface area contributed by atoms with Crippen LogP contribution in [0.5, 0.6) is 0 Å². The van der Waals surface area contributed by atoms with Crippen LogP contribution in [0.15, 0.2) is 48.8 Å². The average molecular weight is 304 g/mol. The predicted octanol–water partition coefficient (Wildman–Crippen LogP) is 4.21. The van der Waals surface area contributed by atoms with E-state index >= 15 is 0 Å². The monoisotopic (exact) mass is 304 g/mol. The van der Waals surface area contributed by atoms with E-state index in [-0.39, 0.29) is 5.91 Å². The highest BCUT2D eigenvalue weighted by Gasteiger charge is 2.23. The molecule has 1 amide bonds. The van der Waals surface area contributed by atoms with E-state index in [2.05, 4.69) is 60.1 Å². The summed E-state index contributed by atoms with van der Waals surface area (Å²) in [5, 5.41) is 0. The first kappa shape index (κ1) is 14.1. The Kier molecular flexibility index (Phi) is 3.22. The van der Waals surface area contributed by atoms with Crippen molar-refractivity contribution in [1.29, 1.82) is 0 Å². The number of hydrogen-bond donors (Lipinski definition) is 0. The molecule has 23 heavy (non-hydrogen) atoms. The molecular formula is C20H20N2O. The van der Waals surface area contributed by atoms with Crippen molar-refractivity contribution < 1.29 is 4.79 Å². The Morgan fingerprint density at radius 2 is 2.04 bits per heavy atom. The third kappa shape index (κ3) is 2.24. The van der Waals surface area contributed by atoms with Gasteiger partial charge in [0.15, 0.2) is 0 Å². The minimum Gasteiger partial charge on any atom is -0.323 e. The number of carbonyl (C=O) groups excluding carboxylic acids is 1. The highest BCUT2D eigenvalue weighted by molar-refractivity contribution is 5.95. The van der Waals surface area contributed by atoms with Gasteiger partial charge in [0.1, 0.15) is 0 Å². The van der Waals surface area contributed by atoms with E-state index in [1.54, 1.807) is 0 Å². The van der Waals surface area contributed by atoms with E-state index in [9.17, 15) is 4.79 Å². The molecule has 0 aliphatic carbocycles. The lowest BCUT2D eigenvalue weighted by Gasteiger charge is -2.16. The molecule has 0 N–H and O–H groups in total. The van der Waals surface area contributed by atoms with Crippen LogP contribution in [0.25, 0.3) is 16.6 Å². The van der Waals surface area contributed by atoms with Gasteiger partial charge >= 0.3 is 0 Å². The Morgan fingerprint density at radius 3 is 2.83 bits per heavy atom. The minimum absolute atomic E-state index is 0.210. The lowest BCUT2D eigenvalue weighted by molar-refractivity contribution is -0.118. The van der Waals surface area contributed by atoms with E-state index in [0.717, 1.165) is 18.7 Å². The van der Waals surface area contributed by atoms with Crippen LogP contribution in [-0.2, 0) is 11.2 Å². The fraction of sp³-hybridized carbons (Fsp3) is 0.250. The number of hydrogen-bond acceptors (Lipinski definition) is 1. The van der Waals surface area contributed by atoms with Gasteiger partial charge in [0, 0.05) is 42.1 Å². The summed E-state index contributed by atoms with van der Waals surface area (Å²) < 4.78 is 2.17. The van der Waals surface area contributed by atoms with Crippen molar-refractivity contribution in [3.05, 3.63) is 59.9 Å². The summed E-state index contributed by atoms with van der Waals surface area (Å²) in [5.74, 6) is 0.210. The summed E-state index contributed by atoms with van der Waals surface area (Å²) in [5.41, 5.74) is 7.32. The standard InChI is InChI=1S/C20H20N2O/c1-3-20(23)22-10-8-16-11-15(6-7-18(16)22)17-12-19-14(2)5-4-9-21(19)13-17/h4-7,9,11-13H,3,8,10H2,1-2H3. The van der Waals surface area contributed by atoms with Crippen LogP contribution in [0.4, 0.5) is 5.69 Å². The highest BCUT2D eigenvalue weighted by Crippen LogP contribution is 2.33. The van der Waals surface area contributed by atoms with Crippen LogP contribution in [0.1, 0.15) is 24.5 Å². The Labute approximate surface area is 136 Å². The van der Waals surface area contributed by atoms with Crippen molar-refractivity contribution in [2.24, 2.45) is 0 Å². The Balaban J connectivity index is 1.76. The van der Waals surface area contributed by atoms with E-state index in [0.29, 0.717) is 6.42 Å². The van der Waals surface area contributed by atoms with Crippen molar-refractivity contribution in [3.8, 4) is 11.1 Å². The largest absolute Gasteiger partial charge is 0.323 e. The van der Waals surface area contributed by atoms with Gasteiger partial charge in [0.2, 0.25) is 5.91 Å². The molecule has 1 aliphatic rings. The van der Waals surface area contributed by atoms with Crippen LogP contribution in [0, 0.1) is 6.92 Å². The number of nitrogens with zero attached hydrogens (tertiary/aromatic N) is 2. The smallest absolute Gasteiger partial charge is 0.226 e. The third-order valence-electron chi connectivity index (χ3n) is 4.76. The quantitative estimate of drug-likeness (QED) is 0.696. The summed E-state index contributed by atoms with van der Waals surface area (Å²) in [6.07, 6.45) is 5.77. The molecule has 3 aromatic rings. The molecule has 4 rings (SSSR count). The zero-order chi connectivity index (χ0) is 16.0. The molecule has 1 aromatic carbocycles. The normalized spacial score (nSPS) is 13.6. The van der Waals surface area contributed by atoms with Crippen LogP contribution < -0.4 is 4.90 Å². The highest BCUT2D eigenvalue weighted by atomic mass is 16.2. The molecular weight excluding hydrogens is 284 g/mol. The van der Waals surface area contributed by atoms with Crippen molar-refractivity contribution in [1.82, 2.24) is 4.40 Å². The van der Waals surface area contributed by atoms with Gasteiger partial charge in [-0.1, -0.05) is 19.1 Å². The van der Waals surface area contributed by atoms with Gasteiger partial charge in [-0.15, -0.1) is 0 Å². The van der Waals surface area contributed by atoms with Crippen molar-refractivity contribution in [2.75, 3.05) is 11.4 Å². The number of pyridine rings is 1. The fourth-order valence-corrected chi connectivity index (χ4v) is 3.47. The average Bonchev–Trinajstić information content (AvgIpc) is 3.18. The molecule has 0 saturated carbocycles. The van der Waals surface area contributed by atoms with E-state index in [4.69, 9.17) is 0 Å². The maximum absolute atomic E-state index is 12.0. The van der Waals surface area contributed by atoms with Crippen molar-refractivity contribution in [3.63, 3.8) is 0 Å². The van der Waals surface area contributed by atoms with Gasteiger partial charge in [0.25, 0.3) is 0 Å². The van der Waals surface area contributed by atoms with Crippen LogP contribution in [0.3, 0.4) is 0 Å². The number of benzene rings is 1. The lowest BCUT2D eigenvalue weighted by atomic mass is 10.0. The Hall–Kier alpha value is -2.55. The number of carbonyl (C=O) groups is 1. The molecule has 0 bridgehead atoms. The Morgan fingerprint density at radius 1 is 1.17 bits per heavy atom. The first-order valence-electron chi connectivity index (χ1n) is 8.18. The van der Waals surface area contributed by atoms with Gasteiger partial charge in [0.05, 0.1) is 0 Å². The summed E-state index contributed by atoms with van der Waals surface area (Å²) in [6, 6.07) is 12.9. The maximum atomic E-state index is 12.0. The second-order valence-corrected chi connectivity index (χ2v) is 6.20. The lowest BCUT2D eigenvalue weighted by Crippen LogP contribution is -2.27. The topological polar surface area (TPSA) is 24.7 Å². The number of aromatic nitrogens is 1. The van der Waals surface area contributed by atoms with Crippen LogP contribution >= 0.6 is 0 Å². The summed E-state index contributed by atoms with van der Waals surface area (Å²) in [4.78, 5) is 13.9. The minimum atomic E-state index is 0.210. The third-order valence-corrected chi connectivity index (χ3v) is 4.76. The van der Waals surface area contributed by atoms with E-state index < -0.39 is 0 Å². The van der Waals surface area contributed by atoms with Crippen molar-refractivity contribution in [2.45, 2.75) is 26.7 Å². The number of aryl methyl sites for hydroxylation is 1. The second kappa shape index (κ2) is 5.27. The van der Waals surface area contributed by atoms with Gasteiger partial charge in [-0.3, -0.25) is 4.79 Å². The first-order chi connectivity index (χ1) is 11.2. The summed E-state index contributed by atoms with van der Waals surface area (Å²) >= 11 is 0. The molecule has 0 radical (unpaired) electrons. The maximum Gasteiger partial charge on any atom is 0.226 e. The van der Waals surface area contributed by atoms with Crippen LogP contribution in [-0.4, -0.2) is 16.9 Å². The number of anilines is 1. The SMILES string of the molecule is CCC(=O)N1CCc2cc(-c3cc4c(C)cccn4c3)ccc21. The van der Waals surface area contributed by atoms with Gasteiger partial charge < -0.3 is 9.30 Å². The van der Waals surface area contributed by atoms with E-state index in [1.165, 1.54) is 27.8 Å². The molecule has 0 spiro atoms. The number of rotatable bonds is 2. The molecule has 3 nitrogen and oxygen atoms in total. The van der Waals surface area contributed by atoms with Gasteiger partial charge in [-0.25, -0.2) is 0 Å². The molecule has 116 valence electrons. The predicted molar refractivity (Wildman–Crippen MR) is 93.9 cm³/mol. The van der Waals surface area contributed by atoms with Crippen LogP contribution in [0.2, 0.25) is 0 Å². The fourth-order valence-electron chi connectivity index (χ4n) is 3.47. The molecule has 3 heteroatoms. The number of fused-ring (bicyclic) bond motifs is 2. The molecule has 3 heterocycles. The van der Waals surface area contributed by atoms with Gasteiger partial charge in [-0.05, 0) is 54.3 Å². The zero-order valence-corrected chi connectivity index (χ0v) is 13.5. The Bertz CT molecular complexity index is 907. The molecule has 0 fully saturated rings. The second-order valence-electron chi connectivity index (χ2n) is 6.20. The summed E-state index contributed by atoms with van der Waals surface area (Å²) in [7, 11) is 0. The number of amides is 1. The van der Waals surface area contributed by atoms with Gasteiger partial charge in [-0.2, -0.15) is 0 Å². The summed E-state index contributed by atoms with van der Waals surface area (Å²) in [6.45, 7) is 4.86. The molecule has 0 atom stereocenters. The van der Waals surface area contributed by atoms with E-state index in [1.807, 2.05) is 11.8 Å². The first-order valence-corrected chi connectivity index (χ1v) is 8.18.